The van der Waals surface area contributed by atoms with Gasteiger partial charge in [0.2, 0.25) is 5.91 Å². The summed E-state index contributed by atoms with van der Waals surface area (Å²) in [5.74, 6) is 0.269. The number of nitrogens with one attached hydrogen (secondary N) is 1. The molecule has 0 radical (unpaired) electrons. The topological polar surface area (TPSA) is 58.6 Å². The molecule has 1 aliphatic carbocycles. The number of hydrogen-bond donors (Lipinski definition) is 1. The van der Waals surface area contributed by atoms with Gasteiger partial charge in [-0.2, -0.15) is 0 Å². The lowest BCUT2D eigenvalue weighted by Gasteiger charge is -2.35. The van der Waals surface area contributed by atoms with Crippen molar-refractivity contribution in [3.63, 3.8) is 0 Å². The first-order chi connectivity index (χ1) is 10.0. The molecular formula is C15H20N2O3S. The summed E-state index contributed by atoms with van der Waals surface area (Å²) in [4.78, 5) is 26.7. The third-order valence-electron chi connectivity index (χ3n) is 3.72. The molecule has 3 rings (SSSR count). The van der Waals surface area contributed by atoms with E-state index >= 15 is 0 Å². The number of thiophene rings is 1. The average Bonchev–Trinajstić information content (AvgIpc) is 3.18. The van der Waals surface area contributed by atoms with Gasteiger partial charge in [-0.05, 0) is 38.8 Å². The maximum atomic E-state index is 12.5. The molecule has 2 amide bonds. The Labute approximate surface area is 128 Å². The summed E-state index contributed by atoms with van der Waals surface area (Å²) in [5.41, 5.74) is 0. The summed E-state index contributed by atoms with van der Waals surface area (Å²) in [7, 11) is 0. The molecule has 1 aromatic heterocycles. The van der Waals surface area contributed by atoms with Crippen molar-refractivity contribution >= 4 is 28.2 Å². The van der Waals surface area contributed by atoms with Crippen molar-refractivity contribution in [3.8, 4) is 0 Å². The fraction of sp³-hybridized carbons (Fsp3) is 0.600. The number of rotatable bonds is 3. The quantitative estimate of drug-likeness (QED) is 0.932. The van der Waals surface area contributed by atoms with Gasteiger partial charge in [-0.15, -0.1) is 11.3 Å². The molecule has 1 aromatic rings. The van der Waals surface area contributed by atoms with Gasteiger partial charge in [0, 0.05) is 19.0 Å². The Bertz CT molecular complexity index is 543. The van der Waals surface area contributed by atoms with Crippen molar-refractivity contribution in [2.24, 2.45) is 5.92 Å². The van der Waals surface area contributed by atoms with E-state index in [4.69, 9.17) is 4.74 Å². The van der Waals surface area contributed by atoms with Crippen LogP contribution in [0.4, 0.5) is 5.00 Å². The minimum Gasteiger partial charge on any atom is -0.372 e. The summed E-state index contributed by atoms with van der Waals surface area (Å²) in [6.07, 6.45) is 2.08. The van der Waals surface area contributed by atoms with Gasteiger partial charge in [-0.1, -0.05) is 0 Å². The molecule has 0 unspecified atom stereocenters. The van der Waals surface area contributed by atoms with Gasteiger partial charge < -0.3 is 15.0 Å². The smallest absolute Gasteiger partial charge is 0.264 e. The van der Waals surface area contributed by atoms with E-state index in [2.05, 4.69) is 5.32 Å². The molecule has 1 N–H and O–H groups in total. The summed E-state index contributed by atoms with van der Waals surface area (Å²) in [5, 5.41) is 3.64. The van der Waals surface area contributed by atoms with Crippen LogP contribution in [-0.2, 0) is 9.53 Å². The number of anilines is 1. The van der Waals surface area contributed by atoms with Gasteiger partial charge in [-0.25, -0.2) is 0 Å². The first kappa shape index (κ1) is 14.5. The highest BCUT2D eigenvalue weighted by Gasteiger charge is 2.30. The zero-order chi connectivity index (χ0) is 15.0. The molecule has 1 aliphatic heterocycles. The van der Waals surface area contributed by atoms with Crippen molar-refractivity contribution in [1.82, 2.24) is 4.90 Å². The van der Waals surface area contributed by atoms with Crippen LogP contribution in [0.5, 0.6) is 0 Å². The van der Waals surface area contributed by atoms with E-state index in [1.165, 1.54) is 11.3 Å². The molecular weight excluding hydrogens is 288 g/mol. The lowest BCUT2D eigenvalue weighted by atomic mass is 10.2. The van der Waals surface area contributed by atoms with Crippen molar-refractivity contribution in [1.29, 1.82) is 0 Å². The fourth-order valence-electron chi connectivity index (χ4n) is 2.59. The normalized spacial score (nSPS) is 25.7. The van der Waals surface area contributed by atoms with Gasteiger partial charge >= 0.3 is 0 Å². The number of ether oxygens (including phenoxy) is 1. The number of morpholine rings is 1. The van der Waals surface area contributed by atoms with Gasteiger partial charge in [-0.3, -0.25) is 9.59 Å². The second-order valence-electron chi connectivity index (χ2n) is 5.89. The monoisotopic (exact) mass is 308 g/mol. The zero-order valence-corrected chi connectivity index (χ0v) is 13.1. The molecule has 2 atom stereocenters. The maximum Gasteiger partial charge on any atom is 0.264 e. The van der Waals surface area contributed by atoms with E-state index in [1.807, 2.05) is 24.8 Å². The van der Waals surface area contributed by atoms with E-state index < -0.39 is 0 Å². The highest BCUT2D eigenvalue weighted by atomic mass is 32.1. The van der Waals surface area contributed by atoms with E-state index in [0.717, 1.165) is 17.8 Å². The lowest BCUT2D eigenvalue weighted by molar-refractivity contribution is -0.117. The average molecular weight is 308 g/mol. The minimum absolute atomic E-state index is 0.0221. The molecule has 114 valence electrons. The number of carbonyl (C=O) groups excluding carboxylic acids is 2. The van der Waals surface area contributed by atoms with Crippen LogP contribution in [0.3, 0.4) is 0 Å². The third kappa shape index (κ3) is 3.44. The molecule has 2 heterocycles. The second kappa shape index (κ2) is 5.77. The predicted molar refractivity (Wildman–Crippen MR) is 81.6 cm³/mol. The van der Waals surface area contributed by atoms with Crippen molar-refractivity contribution in [3.05, 3.63) is 17.0 Å². The molecule has 6 heteroatoms. The number of hydrogen-bond acceptors (Lipinski definition) is 4. The highest BCUT2D eigenvalue weighted by molar-refractivity contribution is 7.18. The molecule has 0 spiro atoms. The lowest BCUT2D eigenvalue weighted by Crippen LogP contribution is -2.48. The Morgan fingerprint density at radius 1 is 1.24 bits per heavy atom. The zero-order valence-electron chi connectivity index (χ0n) is 12.3. The first-order valence-corrected chi connectivity index (χ1v) is 8.20. The van der Waals surface area contributed by atoms with Crippen LogP contribution in [0.2, 0.25) is 0 Å². The Morgan fingerprint density at radius 2 is 1.90 bits per heavy atom. The van der Waals surface area contributed by atoms with Crippen molar-refractivity contribution in [2.75, 3.05) is 18.4 Å². The summed E-state index contributed by atoms with van der Waals surface area (Å²) >= 11 is 1.35. The van der Waals surface area contributed by atoms with Crippen LogP contribution in [-0.4, -0.2) is 42.0 Å². The minimum atomic E-state index is 0.0221. The van der Waals surface area contributed by atoms with Gasteiger partial charge in [0.1, 0.15) is 0 Å². The number of amides is 2. The van der Waals surface area contributed by atoms with Crippen LogP contribution < -0.4 is 5.32 Å². The Hall–Kier alpha value is -1.40. The molecule has 5 nitrogen and oxygen atoms in total. The van der Waals surface area contributed by atoms with Crippen LogP contribution in [0, 0.1) is 5.92 Å². The maximum absolute atomic E-state index is 12.5. The van der Waals surface area contributed by atoms with Crippen LogP contribution in [0.25, 0.3) is 0 Å². The number of nitrogens with zero attached hydrogens (tertiary/aromatic N) is 1. The standard InChI is InChI=1S/C15H20N2O3S/c1-9-7-17(8-10(2)20-9)15(19)12-5-6-13(21-12)16-14(18)11-3-4-11/h5-6,9-11H,3-4,7-8H2,1-2H3,(H,16,18)/t9-,10-/m0/s1. The summed E-state index contributed by atoms with van der Waals surface area (Å²) in [6.45, 7) is 5.19. The second-order valence-corrected chi connectivity index (χ2v) is 6.98. The largest absolute Gasteiger partial charge is 0.372 e. The fourth-order valence-corrected chi connectivity index (χ4v) is 3.47. The Kier molecular flexibility index (Phi) is 3.99. The highest BCUT2D eigenvalue weighted by Crippen LogP contribution is 2.32. The van der Waals surface area contributed by atoms with Crippen LogP contribution in [0.1, 0.15) is 36.4 Å². The van der Waals surface area contributed by atoms with Gasteiger partial charge in [0.15, 0.2) is 0 Å². The SMILES string of the molecule is C[C@H]1CN(C(=O)c2ccc(NC(=O)C3CC3)s2)C[C@H](C)O1. The molecule has 21 heavy (non-hydrogen) atoms. The van der Waals surface area contributed by atoms with E-state index in [9.17, 15) is 9.59 Å². The number of carbonyl (C=O) groups is 2. The summed E-state index contributed by atoms with van der Waals surface area (Å²) < 4.78 is 5.65. The molecule has 0 bridgehead atoms. The molecule has 1 saturated heterocycles. The van der Waals surface area contributed by atoms with E-state index in [1.54, 1.807) is 6.07 Å². The van der Waals surface area contributed by atoms with Crippen molar-refractivity contribution < 1.29 is 14.3 Å². The molecule has 0 aromatic carbocycles. The molecule has 1 saturated carbocycles. The first-order valence-electron chi connectivity index (χ1n) is 7.38. The van der Waals surface area contributed by atoms with Crippen LogP contribution in [0.15, 0.2) is 12.1 Å². The Balaban J connectivity index is 1.64. The molecule has 2 fully saturated rings. The molecule has 2 aliphatic rings. The predicted octanol–water partition coefficient (Wildman–Crippen LogP) is 2.35. The van der Waals surface area contributed by atoms with E-state index in [0.29, 0.717) is 18.0 Å². The van der Waals surface area contributed by atoms with Gasteiger partial charge in [0.25, 0.3) is 5.91 Å². The van der Waals surface area contributed by atoms with Crippen molar-refractivity contribution in [2.45, 2.75) is 38.9 Å². The van der Waals surface area contributed by atoms with E-state index in [-0.39, 0.29) is 29.9 Å². The summed E-state index contributed by atoms with van der Waals surface area (Å²) in [6, 6.07) is 3.60. The van der Waals surface area contributed by atoms with Gasteiger partial charge in [0.05, 0.1) is 22.1 Å². The third-order valence-corrected chi connectivity index (χ3v) is 4.71. The Morgan fingerprint density at radius 3 is 2.52 bits per heavy atom. The van der Waals surface area contributed by atoms with Crippen LogP contribution >= 0.6 is 11.3 Å².